The van der Waals surface area contributed by atoms with Gasteiger partial charge in [-0.05, 0) is 41.4 Å². The summed E-state index contributed by atoms with van der Waals surface area (Å²) < 4.78 is 14.7. The van der Waals surface area contributed by atoms with Crippen LogP contribution in [0.1, 0.15) is 5.56 Å². The standard InChI is InChI=1S/C13H9ClFN3/c14-13-17-12-11(2-1-7-16-12)18(13)8-9-3-5-10(15)6-4-9/h1-7H,8H2. The van der Waals surface area contributed by atoms with Crippen LogP contribution in [-0.2, 0) is 6.54 Å². The smallest absolute Gasteiger partial charge is 0.205 e. The Kier molecular flexibility index (Phi) is 2.72. The number of hydrogen-bond donors (Lipinski definition) is 0. The van der Waals surface area contributed by atoms with Crippen molar-refractivity contribution in [2.45, 2.75) is 6.54 Å². The van der Waals surface area contributed by atoms with Crippen molar-refractivity contribution in [3.05, 3.63) is 59.3 Å². The molecule has 90 valence electrons. The summed E-state index contributed by atoms with van der Waals surface area (Å²) in [5.74, 6) is -0.248. The van der Waals surface area contributed by atoms with Gasteiger partial charge in [0.05, 0.1) is 12.1 Å². The molecule has 0 radical (unpaired) electrons. The van der Waals surface area contributed by atoms with Crippen molar-refractivity contribution in [1.29, 1.82) is 0 Å². The number of aromatic nitrogens is 3. The molecular formula is C13H9ClFN3. The molecule has 0 fully saturated rings. The Balaban J connectivity index is 2.04. The third kappa shape index (κ3) is 1.95. The van der Waals surface area contributed by atoms with Gasteiger partial charge in [-0.2, -0.15) is 4.98 Å². The molecule has 0 aliphatic carbocycles. The van der Waals surface area contributed by atoms with Gasteiger partial charge in [-0.1, -0.05) is 12.1 Å². The average Bonchev–Trinajstić information content (AvgIpc) is 2.69. The SMILES string of the molecule is Fc1ccc(Cn2c(Cl)nc3ncccc32)cc1. The lowest BCUT2D eigenvalue weighted by atomic mass is 10.2. The fourth-order valence-corrected chi connectivity index (χ4v) is 2.09. The molecule has 1 aromatic carbocycles. The summed E-state index contributed by atoms with van der Waals surface area (Å²) in [4.78, 5) is 8.31. The zero-order valence-corrected chi connectivity index (χ0v) is 10.1. The second-order valence-electron chi connectivity index (χ2n) is 3.94. The maximum atomic E-state index is 12.8. The summed E-state index contributed by atoms with van der Waals surface area (Å²) in [6.45, 7) is 0.543. The maximum absolute atomic E-state index is 12.8. The first-order valence-electron chi connectivity index (χ1n) is 5.45. The predicted octanol–water partition coefficient (Wildman–Crippen LogP) is 3.27. The molecule has 0 aliphatic rings. The normalized spacial score (nSPS) is 11.0. The molecule has 0 amide bonds. The zero-order valence-electron chi connectivity index (χ0n) is 9.35. The highest BCUT2D eigenvalue weighted by Gasteiger charge is 2.09. The number of hydrogen-bond acceptors (Lipinski definition) is 2. The van der Waals surface area contributed by atoms with Crippen LogP contribution in [-0.4, -0.2) is 14.5 Å². The van der Waals surface area contributed by atoms with Crippen LogP contribution in [0.3, 0.4) is 0 Å². The number of nitrogens with zero attached hydrogens (tertiary/aromatic N) is 3. The van der Waals surface area contributed by atoms with E-state index >= 15 is 0 Å². The van der Waals surface area contributed by atoms with Crippen molar-refractivity contribution in [2.24, 2.45) is 0 Å². The molecule has 3 aromatic rings. The van der Waals surface area contributed by atoms with Crippen LogP contribution in [0.5, 0.6) is 0 Å². The summed E-state index contributed by atoms with van der Waals surface area (Å²) in [5.41, 5.74) is 2.44. The summed E-state index contributed by atoms with van der Waals surface area (Å²) in [5, 5.41) is 0.382. The fraction of sp³-hybridized carbons (Fsp3) is 0.0769. The Morgan fingerprint density at radius 3 is 2.72 bits per heavy atom. The van der Waals surface area contributed by atoms with Gasteiger partial charge in [0.1, 0.15) is 5.82 Å². The highest BCUT2D eigenvalue weighted by Crippen LogP contribution is 2.19. The number of benzene rings is 1. The molecule has 0 saturated carbocycles. The third-order valence-electron chi connectivity index (χ3n) is 2.73. The van der Waals surface area contributed by atoms with Gasteiger partial charge in [-0.15, -0.1) is 0 Å². The highest BCUT2D eigenvalue weighted by molar-refractivity contribution is 6.29. The monoisotopic (exact) mass is 261 g/mol. The van der Waals surface area contributed by atoms with Crippen LogP contribution >= 0.6 is 11.6 Å². The van der Waals surface area contributed by atoms with Gasteiger partial charge in [-0.25, -0.2) is 9.37 Å². The van der Waals surface area contributed by atoms with E-state index in [4.69, 9.17) is 11.6 Å². The molecule has 0 atom stereocenters. The number of pyridine rings is 1. The van der Waals surface area contributed by atoms with E-state index in [1.807, 2.05) is 16.7 Å². The molecule has 3 rings (SSSR count). The quantitative estimate of drug-likeness (QED) is 0.709. The van der Waals surface area contributed by atoms with Gasteiger partial charge in [0.15, 0.2) is 5.65 Å². The third-order valence-corrected chi connectivity index (χ3v) is 3.02. The first kappa shape index (κ1) is 11.2. The van der Waals surface area contributed by atoms with E-state index in [1.165, 1.54) is 12.1 Å². The van der Waals surface area contributed by atoms with Crippen LogP contribution in [0.2, 0.25) is 5.28 Å². The number of rotatable bonds is 2. The van der Waals surface area contributed by atoms with Gasteiger partial charge in [0.2, 0.25) is 5.28 Å². The Bertz CT molecular complexity index is 691. The number of halogens is 2. The van der Waals surface area contributed by atoms with Crippen molar-refractivity contribution in [2.75, 3.05) is 0 Å². The van der Waals surface area contributed by atoms with Crippen molar-refractivity contribution in [3.63, 3.8) is 0 Å². The lowest BCUT2D eigenvalue weighted by Gasteiger charge is -2.05. The molecule has 0 unspecified atom stereocenters. The molecule has 0 N–H and O–H groups in total. The van der Waals surface area contributed by atoms with Crippen LogP contribution in [0.15, 0.2) is 42.6 Å². The Hall–Kier alpha value is -1.94. The first-order chi connectivity index (χ1) is 8.74. The van der Waals surface area contributed by atoms with Crippen LogP contribution < -0.4 is 0 Å². The Morgan fingerprint density at radius 2 is 1.94 bits per heavy atom. The highest BCUT2D eigenvalue weighted by atomic mass is 35.5. The summed E-state index contributed by atoms with van der Waals surface area (Å²) in [7, 11) is 0. The van der Waals surface area contributed by atoms with Gasteiger partial charge < -0.3 is 4.57 Å². The lowest BCUT2D eigenvalue weighted by Crippen LogP contribution is -1.99. The van der Waals surface area contributed by atoms with E-state index < -0.39 is 0 Å². The maximum Gasteiger partial charge on any atom is 0.205 e. The van der Waals surface area contributed by atoms with E-state index in [2.05, 4.69) is 9.97 Å². The molecule has 5 heteroatoms. The van der Waals surface area contributed by atoms with Crippen molar-refractivity contribution in [1.82, 2.24) is 14.5 Å². The molecular weight excluding hydrogens is 253 g/mol. The molecule has 0 spiro atoms. The average molecular weight is 262 g/mol. The lowest BCUT2D eigenvalue weighted by molar-refractivity contribution is 0.626. The van der Waals surface area contributed by atoms with Crippen molar-refractivity contribution in [3.8, 4) is 0 Å². The topological polar surface area (TPSA) is 30.7 Å². The number of imidazole rings is 1. The molecule has 0 bridgehead atoms. The fourth-order valence-electron chi connectivity index (χ4n) is 1.86. The van der Waals surface area contributed by atoms with Gasteiger partial charge in [0.25, 0.3) is 0 Å². The predicted molar refractivity (Wildman–Crippen MR) is 68.0 cm³/mol. The van der Waals surface area contributed by atoms with E-state index in [0.717, 1.165) is 11.1 Å². The van der Waals surface area contributed by atoms with E-state index in [-0.39, 0.29) is 5.82 Å². The minimum Gasteiger partial charge on any atom is -0.309 e. The molecule has 18 heavy (non-hydrogen) atoms. The molecule has 0 aliphatic heterocycles. The van der Waals surface area contributed by atoms with Gasteiger partial charge >= 0.3 is 0 Å². The Labute approximate surface area is 108 Å². The van der Waals surface area contributed by atoms with Crippen LogP contribution in [0.4, 0.5) is 4.39 Å². The zero-order chi connectivity index (χ0) is 12.5. The Morgan fingerprint density at radius 1 is 1.17 bits per heavy atom. The first-order valence-corrected chi connectivity index (χ1v) is 5.83. The minimum atomic E-state index is -0.248. The summed E-state index contributed by atoms with van der Waals surface area (Å²) in [6, 6.07) is 10.1. The largest absolute Gasteiger partial charge is 0.309 e. The van der Waals surface area contributed by atoms with E-state index in [9.17, 15) is 4.39 Å². The van der Waals surface area contributed by atoms with Crippen molar-refractivity contribution >= 4 is 22.8 Å². The molecule has 2 heterocycles. The van der Waals surface area contributed by atoms with Crippen molar-refractivity contribution < 1.29 is 4.39 Å². The molecule has 3 nitrogen and oxygen atoms in total. The van der Waals surface area contributed by atoms with Crippen LogP contribution in [0, 0.1) is 5.82 Å². The molecule has 0 saturated heterocycles. The minimum absolute atomic E-state index is 0.248. The van der Waals surface area contributed by atoms with E-state index in [1.54, 1.807) is 18.3 Å². The van der Waals surface area contributed by atoms with E-state index in [0.29, 0.717) is 17.5 Å². The summed E-state index contributed by atoms with van der Waals surface area (Å²) >= 11 is 6.09. The summed E-state index contributed by atoms with van der Waals surface area (Å²) in [6.07, 6.45) is 1.67. The second kappa shape index (κ2) is 4.38. The molecule has 2 aromatic heterocycles. The van der Waals surface area contributed by atoms with Crippen LogP contribution in [0.25, 0.3) is 11.2 Å². The number of fused-ring (bicyclic) bond motifs is 1. The van der Waals surface area contributed by atoms with Gasteiger partial charge in [0, 0.05) is 6.20 Å². The van der Waals surface area contributed by atoms with Gasteiger partial charge in [-0.3, -0.25) is 0 Å². The second-order valence-corrected chi connectivity index (χ2v) is 4.28.